The Hall–Kier alpha value is -1.77. The Morgan fingerprint density at radius 1 is 1.25 bits per heavy atom. The summed E-state index contributed by atoms with van der Waals surface area (Å²) in [5.41, 5.74) is 3.90. The zero-order valence-corrected chi connectivity index (χ0v) is 9.87. The second kappa shape index (κ2) is 4.00. The second-order valence-electron chi connectivity index (χ2n) is 4.00. The van der Waals surface area contributed by atoms with Gasteiger partial charge in [-0.3, -0.25) is 9.89 Å². The van der Waals surface area contributed by atoms with Gasteiger partial charge in [0.05, 0.1) is 5.69 Å². The monoisotopic (exact) mass is 216 g/mol. The van der Waals surface area contributed by atoms with Gasteiger partial charge >= 0.3 is 0 Å². The molecular formula is C13H16N2O. The van der Waals surface area contributed by atoms with Crippen molar-refractivity contribution in [2.75, 3.05) is 0 Å². The number of H-pyrrole nitrogens is 1. The quantitative estimate of drug-likeness (QED) is 0.822. The van der Waals surface area contributed by atoms with E-state index in [-0.39, 0.29) is 5.56 Å². The molecule has 0 aliphatic heterocycles. The largest absolute Gasteiger partial charge is 0.295 e. The maximum atomic E-state index is 12.1. The van der Waals surface area contributed by atoms with E-state index in [4.69, 9.17) is 0 Å². The minimum Gasteiger partial charge on any atom is -0.295 e. The lowest BCUT2D eigenvalue weighted by Crippen LogP contribution is -2.17. The molecule has 0 unspecified atom stereocenters. The molecule has 0 spiro atoms. The number of benzene rings is 1. The van der Waals surface area contributed by atoms with E-state index in [9.17, 15) is 4.79 Å². The number of para-hydroxylation sites is 1. The van der Waals surface area contributed by atoms with Gasteiger partial charge in [-0.2, -0.15) is 0 Å². The van der Waals surface area contributed by atoms with Crippen LogP contribution in [0, 0.1) is 13.8 Å². The highest BCUT2D eigenvalue weighted by Gasteiger charge is 2.11. The van der Waals surface area contributed by atoms with Crippen molar-refractivity contribution in [3.63, 3.8) is 0 Å². The smallest absolute Gasteiger partial charge is 0.274 e. The van der Waals surface area contributed by atoms with Gasteiger partial charge in [-0.05, 0) is 31.9 Å². The molecule has 0 amide bonds. The molecule has 1 aromatic carbocycles. The lowest BCUT2D eigenvalue weighted by molar-refractivity contribution is 0.828. The van der Waals surface area contributed by atoms with E-state index in [1.807, 2.05) is 45.0 Å². The lowest BCUT2D eigenvalue weighted by Gasteiger charge is -2.04. The molecule has 0 bridgehead atoms. The number of aryl methyl sites for hydroxylation is 2. The Balaban J connectivity index is 2.67. The molecule has 2 aromatic rings. The van der Waals surface area contributed by atoms with E-state index < -0.39 is 0 Å². The molecule has 3 nitrogen and oxygen atoms in total. The fourth-order valence-electron chi connectivity index (χ4n) is 1.98. The molecule has 1 aromatic heterocycles. The molecule has 2 rings (SSSR count). The van der Waals surface area contributed by atoms with Crippen molar-refractivity contribution in [3.8, 4) is 5.69 Å². The number of nitrogens with one attached hydrogen (secondary N) is 1. The third-order valence-corrected chi connectivity index (χ3v) is 2.90. The molecule has 0 saturated heterocycles. The first-order chi connectivity index (χ1) is 7.65. The molecule has 0 saturated carbocycles. The van der Waals surface area contributed by atoms with Crippen LogP contribution < -0.4 is 5.56 Å². The molecule has 0 aliphatic carbocycles. The fraction of sp³-hybridized carbons (Fsp3) is 0.308. The summed E-state index contributed by atoms with van der Waals surface area (Å²) in [6, 6.07) is 7.87. The zero-order valence-electron chi connectivity index (χ0n) is 9.87. The average molecular weight is 216 g/mol. The van der Waals surface area contributed by atoms with E-state index in [2.05, 4.69) is 5.10 Å². The Morgan fingerprint density at radius 3 is 2.50 bits per heavy atom. The van der Waals surface area contributed by atoms with E-state index in [1.165, 1.54) is 0 Å². The van der Waals surface area contributed by atoms with Crippen LogP contribution in [-0.4, -0.2) is 9.78 Å². The first-order valence-corrected chi connectivity index (χ1v) is 5.51. The van der Waals surface area contributed by atoms with Crippen molar-refractivity contribution >= 4 is 0 Å². The SMILES string of the molecule is CCc1c(C)[nH]n(-c2ccccc2C)c1=O. The van der Waals surface area contributed by atoms with Crippen LogP contribution in [0.5, 0.6) is 0 Å². The molecule has 0 radical (unpaired) electrons. The normalized spacial score (nSPS) is 10.7. The molecule has 16 heavy (non-hydrogen) atoms. The van der Waals surface area contributed by atoms with Crippen LogP contribution in [0.4, 0.5) is 0 Å². The van der Waals surface area contributed by atoms with Crippen LogP contribution in [0.2, 0.25) is 0 Å². The van der Waals surface area contributed by atoms with Gasteiger partial charge in [-0.1, -0.05) is 25.1 Å². The minimum atomic E-state index is 0.0642. The third-order valence-electron chi connectivity index (χ3n) is 2.90. The summed E-state index contributed by atoms with van der Waals surface area (Å²) in [5.74, 6) is 0. The molecule has 3 heteroatoms. The summed E-state index contributed by atoms with van der Waals surface area (Å²) in [7, 11) is 0. The van der Waals surface area contributed by atoms with E-state index >= 15 is 0 Å². The minimum absolute atomic E-state index is 0.0642. The van der Waals surface area contributed by atoms with E-state index in [0.29, 0.717) is 0 Å². The van der Waals surface area contributed by atoms with Gasteiger partial charge in [0.1, 0.15) is 0 Å². The van der Waals surface area contributed by atoms with Gasteiger partial charge < -0.3 is 0 Å². The fourth-order valence-corrected chi connectivity index (χ4v) is 1.98. The van der Waals surface area contributed by atoms with Crippen molar-refractivity contribution in [3.05, 3.63) is 51.4 Å². The predicted octanol–water partition coefficient (Wildman–Crippen LogP) is 2.34. The van der Waals surface area contributed by atoms with E-state index in [1.54, 1.807) is 4.68 Å². The van der Waals surface area contributed by atoms with Crippen molar-refractivity contribution in [1.82, 2.24) is 9.78 Å². The number of hydrogen-bond donors (Lipinski definition) is 1. The van der Waals surface area contributed by atoms with Crippen LogP contribution in [0.15, 0.2) is 29.1 Å². The topological polar surface area (TPSA) is 37.8 Å². The Kier molecular flexibility index (Phi) is 2.69. The van der Waals surface area contributed by atoms with Crippen LogP contribution in [0.1, 0.15) is 23.7 Å². The van der Waals surface area contributed by atoms with Crippen LogP contribution in [0.25, 0.3) is 5.69 Å². The number of aromatic nitrogens is 2. The highest BCUT2D eigenvalue weighted by molar-refractivity contribution is 5.40. The van der Waals surface area contributed by atoms with Crippen molar-refractivity contribution in [1.29, 1.82) is 0 Å². The van der Waals surface area contributed by atoms with Crippen LogP contribution in [0.3, 0.4) is 0 Å². The molecule has 0 fully saturated rings. The summed E-state index contributed by atoms with van der Waals surface area (Å²) in [6.45, 7) is 5.94. The number of rotatable bonds is 2. The Labute approximate surface area is 94.7 Å². The number of hydrogen-bond acceptors (Lipinski definition) is 1. The lowest BCUT2D eigenvalue weighted by atomic mass is 10.2. The molecule has 0 atom stereocenters. The van der Waals surface area contributed by atoms with Crippen LogP contribution in [-0.2, 0) is 6.42 Å². The molecular weight excluding hydrogens is 200 g/mol. The van der Waals surface area contributed by atoms with Gasteiger partial charge in [0.15, 0.2) is 0 Å². The maximum Gasteiger partial charge on any atom is 0.274 e. The van der Waals surface area contributed by atoms with Gasteiger partial charge in [0, 0.05) is 11.3 Å². The molecule has 84 valence electrons. The summed E-state index contributed by atoms with van der Waals surface area (Å²) < 4.78 is 1.63. The highest BCUT2D eigenvalue weighted by Crippen LogP contribution is 2.12. The standard InChI is InChI=1S/C13H16N2O/c1-4-11-10(3)14-15(13(11)16)12-8-6-5-7-9(12)2/h5-8,14H,4H2,1-3H3. The van der Waals surface area contributed by atoms with Gasteiger partial charge in [0.2, 0.25) is 0 Å². The first kappa shape index (κ1) is 10.7. The summed E-state index contributed by atoms with van der Waals surface area (Å²) >= 11 is 0. The van der Waals surface area contributed by atoms with Gasteiger partial charge in [-0.15, -0.1) is 0 Å². The first-order valence-electron chi connectivity index (χ1n) is 5.51. The van der Waals surface area contributed by atoms with Gasteiger partial charge in [0.25, 0.3) is 5.56 Å². The molecule has 0 aliphatic rings. The summed E-state index contributed by atoms with van der Waals surface area (Å²) in [5, 5.41) is 3.13. The van der Waals surface area contributed by atoms with Crippen molar-refractivity contribution in [2.24, 2.45) is 0 Å². The summed E-state index contributed by atoms with van der Waals surface area (Å²) in [6.07, 6.45) is 0.764. The Morgan fingerprint density at radius 2 is 1.94 bits per heavy atom. The second-order valence-corrected chi connectivity index (χ2v) is 4.00. The van der Waals surface area contributed by atoms with Crippen molar-refractivity contribution < 1.29 is 0 Å². The number of aromatic amines is 1. The van der Waals surface area contributed by atoms with Crippen molar-refractivity contribution in [2.45, 2.75) is 27.2 Å². The molecule has 1 heterocycles. The third kappa shape index (κ3) is 1.58. The highest BCUT2D eigenvalue weighted by atomic mass is 16.1. The summed E-state index contributed by atoms with van der Waals surface area (Å²) in [4.78, 5) is 12.1. The van der Waals surface area contributed by atoms with E-state index in [0.717, 1.165) is 28.9 Å². The molecule has 1 N–H and O–H groups in total. The Bertz CT molecular complexity index is 564. The maximum absolute atomic E-state index is 12.1. The van der Waals surface area contributed by atoms with Gasteiger partial charge in [-0.25, -0.2) is 4.68 Å². The number of nitrogens with zero attached hydrogens (tertiary/aromatic N) is 1. The zero-order chi connectivity index (χ0) is 11.7. The average Bonchev–Trinajstić information content (AvgIpc) is 2.55. The predicted molar refractivity (Wildman–Crippen MR) is 65.2 cm³/mol. The van der Waals surface area contributed by atoms with Crippen LogP contribution >= 0.6 is 0 Å².